The standard InChI is InChI=1S/C13H22N2O2.C5H11N.C5H8O4/c16-12(14-7-3-1-4-8-14)11-13(17)15-9-5-2-6-10-15;1-2-4-6-5-3-1;1-8-4(6)3-5(7)9-2/h1-11H2;6H,1-5H2;3H2,1-2H3. The molecule has 3 saturated heterocycles. The molecule has 0 aromatic carbocycles. The molecule has 0 saturated carbocycles. The van der Waals surface area contributed by atoms with E-state index in [1.165, 1.54) is 59.4 Å². The number of likely N-dealkylation sites (tertiary alicyclic amines) is 2. The third-order valence-corrected chi connectivity index (χ3v) is 5.67. The molecule has 3 rings (SSSR count). The monoisotopic (exact) mass is 455 g/mol. The largest absolute Gasteiger partial charge is 0.469 e. The number of hydrogen-bond donors (Lipinski definition) is 1. The Morgan fingerprint density at radius 1 is 0.594 bits per heavy atom. The molecule has 0 radical (unpaired) electrons. The summed E-state index contributed by atoms with van der Waals surface area (Å²) in [5.74, 6) is -1.11. The summed E-state index contributed by atoms with van der Waals surface area (Å²) in [6.45, 7) is 5.86. The molecule has 0 unspecified atom stereocenters. The number of piperidine rings is 3. The fourth-order valence-corrected chi connectivity index (χ4v) is 3.70. The minimum absolute atomic E-state index is 0.0280. The van der Waals surface area contributed by atoms with Gasteiger partial charge in [0.25, 0.3) is 0 Å². The van der Waals surface area contributed by atoms with Crippen molar-refractivity contribution in [2.24, 2.45) is 0 Å². The number of carbonyl (C=O) groups excluding carboxylic acids is 4. The maximum atomic E-state index is 11.9. The van der Waals surface area contributed by atoms with Crippen molar-refractivity contribution >= 4 is 23.8 Å². The van der Waals surface area contributed by atoms with Crippen molar-refractivity contribution in [1.82, 2.24) is 15.1 Å². The number of carbonyl (C=O) groups is 4. The summed E-state index contributed by atoms with van der Waals surface area (Å²) in [6, 6.07) is 0. The fraction of sp³-hybridized carbons (Fsp3) is 0.826. The Kier molecular flexibility index (Phi) is 15.2. The first-order chi connectivity index (χ1) is 15.5. The lowest BCUT2D eigenvalue weighted by Crippen LogP contribution is -2.41. The summed E-state index contributed by atoms with van der Waals surface area (Å²) in [5.41, 5.74) is 0. The Balaban J connectivity index is 0.000000285. The number of hydrogen-bond acceptors (Lipinski definition) is 7. The number of amides is 2. The van der Waals surface area contributed by atoms with Crippen LogP contribution in [0.1, 0.15) is 70.6 Å². The lowest BCUT2D eigenvalue weighted by atomic mass is 10.1. The van der Waals surface area contributed by atoms with E-state index in [9.17, 15) is 19.2 Å². The zero-order valence-corrected chi connectivity index (χ0v) is 19.9. The summed E-state index contributed by atoms with van der Waals surface area (Å²) in [6.07, 6.45) is 10.8. The Morgan fingerprint density at radius 2 is 0.969 bits per heavy atom. The van der Waals surface area contributed by atoms with Gasteiger partial charge in [-0.15, -0.1) is 0 Å². The summed E-state index contributed by atoms with van der Waals surface area (Å²) < 4.78 is 8.37. The van der Waals surface area contributed by atoms with Crippen molar-refractivity contribution in [2.45, 2.75) is 70.6 Å². The molecule has 0 aromatic heterocycles. The first-order valence-corrected chi connectivity index (χ1v) is 11.9. The number of nitrogens with zero attached hydrogens (tertiary/aromatic N) is 2. The van der Waals surface area contributed by atoms with Crippen LogP contribution in [0.3, 0.4) is 0 Å². The third kappa shape index (κ3) is 12.6. The fourth-order valence-electron chi connectivity index (χ4n) is 3.70. The molecule has 0 bridgehead atoms. The molecule has 9 heteroatoms. The highest BCUT2D eigenvalue weighted by Gasteiger charge is 2.23. The molecule has 1 N–H and O–H groups in total. The second kappa shape index (κ2) is 17.4. The smallest absolute Gasteiger partial charge is 0.316 e. The summed E-state index contributed by atoms with van der Waals surface area (Å²) in [4.78, 5) is 48.1. The maximum absolute atomic E-state index is 11.9. The summed E-state index contributed by atoms with van der Waals surface area (Å²) in [7, 11) is 2.43. The minimum atomic E-state index is -0.582. The molecule has 9 nitrogen and oxygen atoms in total. The summed E-state index contributed by atoms with van der Waals surface area (Å²) in [5, 5.41) is 3.28. The molecule has 3 aliphatic heterocycles. The van der Waals surface area contributed by atoms with Gasteiger partial charge in [-0.3, -0.25) is 19.2 Å². The Bertz CT molecular complexity index is 515. The predicted molar refractivity (Wildman–Crippen MR) is 121 cm³/mol. The van der Waals surface area contributed by atoms with Crippen LogP contribution < -0.4 is 5.32 Å². The third-order valence-electron chi connectivity index (χ3n) is 5.67. The van der Waals surface area contributed by atoms with Gasteiger partial charge in [0, 0.05) is 26.2 Å². The highest BCUT2D eigenvalue weighted by molar-refractivity contribution is 5.97. The molecule has 3 fully saturated rings. The molecule has 0 spiro atoms. The lowest BCUT2D eigenvalue weighted by Gasteiger charge is -2.29. The lowest BCUT2D eigenvalue weighted by molar-refractivity contribution is -0.151. The Hall–Kier alpha value is -2.16. The van der Waals surface area contributed by atoms with Gasteiger partial charge in [0.1, 0.15) is 12.8 Å². The second-order valence-corrected chi connectivity index (χ2v) is 8.20. The Labute approximate surface area is 192 Å². The number of ether oxygens (including phenoxy) is 2. The molecular formula is C23H41N3O6. The second-order valence-electron chi connectivity index (χ2n) is 8.20. The van der Waals surface area contributed by atoms with Gasteiger partial charge in [0.2, 0.25) is 11.8 Å². The van der Waals surface area contributed by atoms with Crippen molar-refractivity contribution in [2.75, 3.05) is 53.5 Å². The van der Waals surface area contributed by atoms with Gasteiger partial charge in [-0.25, -0.2) is 0 Å². The molecule has 32 heavy (non-hydrogen) atoms. The van der Waals surface area contributed by atoms with Crippen LogP contribution in [0.2, 0.25) is 0 Å². The van der Waals surface area contributed by atoms with E-state index in [1.54, 1.807) is 0 Å². The number of esters is 2. The van der Waals surface area contributed by atoms with Gasteiger partial charge < -0.3 is 24.6 Å². The SMILES string of the molecule is C1CCNCC1.COC(=O)CC(=O)OC.O=C(CC(=O)N1CCCCC1)N1CCCCC1. The van der Waals surface area contributed by atoms with E-state index in [2.05, 4.69) is 14.8 Å². The molecule has 0 aliphatic carbocycles. The topological polar surface area (TPSA) is 105 Å². The maximum Gasteiger partial charge on any atom is 0.316 e. The van der Waals surface area contributed by atoms with Crippen molar-refractivity contribution in [3.05, 3.63) is 0 Å². The van der Waals surface area contributed by atoms with Crippen LogP contribution in [-0.2, 0) is 28.7 Å². The van der Waals surface area contributed by atoms with Gasteiger partial charge in [-0.05, 0) is 64.5 Å². The molecule has 3 heterocycles. The van der Waals surface area contributed by atoms with Gasteiger partial charge in [0.05, 0.1) is 14.2 Å². The highest BCUT2D eigenvalue weighted by atomic mass is 16.5. The first kappa shape index (κ1) is 27.9. The van der Waals surface area contributed by atoms with E-state index >= 15 is 0 Å². The van der Waals surface area contributed by atoms with Crippen LogP contribution >= 0.6 is 0 Å². The van der Waals surface area contributed by atoms with Crippen LogP contribution in [-0.4, -0.2) is 87.0 Å². The van der Waals surface area contributed by atoms with Crippen LogP contribution in [0.4, 0.5) is 0 Å². The van der Waals surface area contributed by atoms with E-state index in [4.69, 9.17) is 0 Å². The van der Waals surface area contributed by atoms with Crippen LogP contribution in [0.5, 0.6) is 0 Å². The van der Waals surface area contributed by atoms with E-state index < -0.39 is 11.9 Å². The van der Waals surface area contributed by atoms with Crippen molar-refractivity contribution in [3.63, 3.8) is 0 Å². The molecule has 3 aliphatic rings. The molecule has 184 valence electrons. The van der Waals surface area contributed by atoms with Crippen molar-refractivity contribution < 1.29 is 28.7 Å². The van der Waals surface area contributed by atoms with Crippen LogP contribution in [0.25, 0.3) is 0 Å². The average molecular weight is 456 g/mol. The highest BCUT2D eigenvalue weighted by Crippen LogP contribution is 2.13. The van der Waals surface area contributed by atoms with E-state index in [1.807, 2.05) is 9.80 Å². The van der Waals surface area contributed by atoms with E-state index in [-0.39, 0.29) is 24.7 Å². The number of methoxy groups -OCH3 is 2. The number of rotatable bonds is 4. The molecule has 0 aromatic rings. The zero-order chi connectivity index (χ0) is 23.6. The van der Waals surface area contributed by atoms with Gasteiger partial charge in [0.15, 0.2) is 0 Å². The van der Waals surface area contributed by atoms with Crippen LogP contribution in [0, 0.1) is 0 Å². The van der Waals surface area contributed by atoms with E-state index in [0.717, 1.165) is 51.9 Å². The Morgan fingerprint density at radius 3 is 1.25 bits per heavy atom. The van der Waals surface area contributed by atoms with Crippen molar-refractivity contribution in [1.29, 1.82) is 0 Å². The number of nitrogens with one attached hydrogen (secondary N) is 1. The van der Waals surface area contributed by atoms with Crippen molar-refractivity contribution in [3.8, 4) is 0 Å². The molecular weight excluding hydrogens is 414 g/mol. The van der Waals surface area contributed by atoms with Gasteiger partial charge in [-0.2, -0.15) is 0 Å². The summed E-state index contributed by atoms with van der Waals surface area (Å²) >= 11 is 0. The average Bonchev–Trinajstić information content (AvgIpc) is 2.86. The normalized spacial score (nSPS) is 18.2. The molecule has 0 atom stereocenters. The quantitative estimate of drug-likeness (QED) is 0.510. The predicted octanol–water partition coefficient (Wildman–Crippen LogP) is 1.88. The molecule has 2 amide bonds. The van der Waals surface area contributed by atoms with Crippen LogP contribution in [0.15, 0.2) is 0 Å². The van der Waals surface area contributed by atoms with Gasteiger partial charge in [-0.1, -0.05) is 6.42 Å². The van der Waals surface area contributed by atoms with E-state index in [0.29, 0.717) is 0 Å². The van der Waals surface area contributed by atoms with Gasteiger partial charge >= 0.3 is 11.9 Å². The first-order valence-electron chi connectivity index (χ1n) is 11.9. The zero-order valence-electron chi connectivity index (χ0n) is 19.9. The minimum Gasteiger partial charge on any atom is -0.469 e.